The van der Waals surface area contributed by atoms with Gasteiger partial charge in [-0.3, -0.25) is 19.3 Å². The van der Waals surface area contributed by atoms with Crippen LogP contribution in [0.5, 0.6) is 11.5 Å². The monoisotopic (exact) mass is 446 g/mol. The quantitative estimate of drug-likeness (QED) is 0.664. The predicted octanol–water partition coefficient (Wildman–Crippen LogP) is 4.34. The standard InChI is InChI=1S/C21H19ClN2O5S/c1-12-5-4-6-14(7-12)23-18(25)11-24-20(26)17(30-21(24)27)10-13-8-15(22)19(29-3)16(9-13)28-2/h4-10H,11H2,1-3H3,(H,23,25)/b17-10+. The van der Waals surface area contributed by atoms with Crippen molar-refractivity contribution in [3.8, 4) is 11.5 Å². The lowest BCUT2D eigenvalue weighted by atomic mass is 10.2. The average molecular weight is 447 g/mol. The maximum Gasteiger partial charge on any atom is 0.294 e. The van der Waals surface area contributed by atoms with E-state index in [0.717, 1.165) is 22.2 Å². The number of halogens is 1. The fourth-order valence-electron chi connectivity index (χ4n) is 2.88. The molecule has 1 aliphatic heterocycles. The molecule has 156 valence electrons. The Kier molecular flexibility index (Phi) is 6.69. The summed E-state index contributed by atoms with van der Waals surface area (Å²) < 4.78 is 10.4. The number of anilines is 1. The summed E-state index contributed by atoms with van der Waals surface area (Å²) in [4.78, 5) is 38.4. The molecule has 0 unspecified atom stereocenters. The number of hydrogen-bond acceptors (Lipinski definition) is 6. The number of nitrogens with zero attached hydrogens (tertiary/aromatic N) is 1. The number of methoxy groups -OCH3 is 2. The molecule has 1 heterocycles. The van der Waals surface area contributed by atoms with Crippen molar-refractivity contribution in [2.75, 3.05) is 26.1 Å². The van der Waals surface area contributed by atoms with E-state index in [4.69, 9.17) is 21.1 Å². The lowest BCUT2D eigenvalue weighted by Gasteiger charge is -2.13. The highest BCUT2D eigenvalue weighted by Gasteiger charge is 2.36. The molecule has 0 spiro atoms. The van der Waals surface area contributed by atoms with E-state index >= 15 is 0 Å². The normalized spacial score (nSPS) is 14.9. The number of ether oxygens (including phenoxy) is 2. The van der Waals surface area contributed by atoms with Crippen LogP contribution in [0.25, 0.3) is 6.08 Å². The van der Waals surface area contributed by atoms with Gasteiger partial charge in [0.25, 0.3) is 11.1 Å². The van der Waals surface area contributed by atoms with Gasteiger partial charge in [-0.15, -0.1) is 0 Å². The molecule has 30 heavy (non-hydrogen) atoms. The van der Waals surface area contributed by atoms with Crippen molar-refractivity contribution < 1.29 is 23.9 Å². The van der Waals surface area contributed by atoms with Gasteiger partial charge in [0.05, 0.1) is 24.1 Å². The molecule has 0 aromatic heterocycles. The molecule has 1 saturated heterocycles. The minimum atomic E-state index is -0.546. The van der Waals surface area contributed by atoms with Gasteiger partial charge in [-0.05, 0) is 60.2 Å². The smallest absolute Gasteiger partial charge is 0.294 e. The summed E-state index contributed by atoms with van der Waals surface area (Å²) in [6.45, 7) is 1.53. The second-order valence-corrected chi connectivity index (χ2v) is 7.82. The summed E-state index contributed by atoms with van der Waals surface area (Å²) in [5.74, 6) is -0.237. The Hall–Kier alpha value is -2.97. The van der Waals surface area contributed by atoms with Crippen molar-refractivity contribution in [1.29, 1.82) is 0 Å². The summed E-state index contributed by atoms with van der Waals surface area (Å²) in [6, 6.07) is 10.5. The van der Waals surface area contributed by atoms with Crippen molar-refractivity contribution >= 4 is 52.2 Å². The van der Waals surface area contributed by atoms with Crippen LogP contribution in [0.4, 0.5) is 10.5 Å². The van der Waals surface area contributed by atoms with Crippen LogP contribution in [0, 0.1) is 6.92 Å². The lowest BCUT2D eigenvalue weighted by molar-refractivity contribution is -0.127. The van der Waals surface area contributed by atoms with Gasteiger partial charge in [0.1, 0.15) is 6.54 Å². The van der Waals surface area contributed by atoms with Gasteiger partial charge in [0.15, 0.2) is 11.5 Å². The first-order valence-corrected chi connectivity index (χ1v) is 10.0. The molecule has 9 heteroatoms. The van der Waals surface area contributed by atoms with Gasteiger partial charge >= 0.3 is 0 Å². The number of carbonyl (C=O) groups is 3. The number of carbonyl (C=O) groups excluding carboxylic acids is 3. The molecule has 1 fully saturated rings. The SMILES string of the molecule is COc1cc(/C=C2/SC(=O)N(CC(=O)Nc3cccc(C)c3)C2=O)cc(Cl)c1OC. The number of rotatable bonds is 6. The molecule has 1 N–H and O–H groups in total. The summed E-state index contributed by atoms with van der Waals surface area (Å²) in [6.07, 6.45) is 1.53. The minimum absolute atomic E-state index is 0.187. The van der Waals surface area contributed by atoms with E-state index in [1.807, 2.05) is 19.1 Å². The topological polar surface area (TPSA) is 84.9 Å². The van der Waals surface area contributed by atoms with Gasteiger partial charge in [0, 0.05) is 5.69 Å². The van der Waals surface area contributed by atoms with Crippen molar-refractivity contribution in [2.45, 2.75) is 6.92 Å². The number of thioether (sulfide) groups is 1. The molecule has 0 saturated carbocycles. The number of imide groups is 1. The first-order chi connectivity index (χ1) is 14.3. The zero-order chi connectivity index (χ0) is 21.8. The van der Waals surface area contributed by atoms with Crippen LogP contribution in [0.2, 0.25) is 5.02 Å². The third-order valence-corrected chi connectivity index (χ3v) is 5.42. The molecular weight excluding hydrogens is 428 g/mol. The number of hydrogen-bond donors (Lipinski definition) is 1. The van der Waals surface area contributed by atoms with E-state index in [-0.39, 0.29) is 11.4 Å². The zero-order valence-corrected chi connectivity index (χ0v) is 18.1. The fourth-order valence-corrected chi connectivity index (χ4v) is 4.01. The van der Waals surface area contributed by atoms with Gasteiger partial charge in [-0.2, -0.15) is 0 Å². The van der Waals surface area contributed by atoms with Gasteiger partial charge in [-0.1, -0.05) is 23.7 Å². The number of amides is 3. The van der Waals surface area contributed by atoms with E-state index in [0.29, 0.717) is 27.8 Å². The molecule has 0 radical (unpaired) electrons. The van der Waals surface area contributed by atoms with Crippen LogP contribution in [0.1, 0.15) is 11.1 Å². The van der Waals surface area contributed by atoms with E-state index in [1.165, 1.54) is 20.3 Å². The molecular formula is C21H19ClN2O5S. The number of aryl methyl sites for hydroxylation is 1. The summed E-state index contributed by atoms with van der Waals surface area (Å²) >= 11 is 6.95. The fraction of sp³-hybridized carbons (Fsp3) is 0.190. The van der Waals surface area contributed by atoms with Crippen molar-refractivity contribution in [3.63, 3.8) is 0 Å². The Labute approximate surface area is 183 Å². The summed E-state index contributed by atoms with van der Waals surface area (Å²) in [5, 5.41) is 2.48. The average Bonchev–Trinajstić information content (AvgIpc) is 2.94. The molecule has 2 aromatic carbocycles. The summed E-state index contributed by atoms with van der Waals surface area (Å²) in [7, 11) is 2.94. The molecule has 7 nitrogen and oxygen atoms in total. The molecule has 0 atom stereocenters. The van der Waals surface area contributed by atoms with Crippen LogP contribution in [-0.4, -0.2) is 42.7 Å². The number of benzene rings is 2. The molecule has 3 rings (SSSR count). The second-order valence-electron chi connectivity index (χ2n) is 6.42. The minimum Gasteiger partial charge on any atom is -0.493 e. The Morgan fingerprint density at radius 1 is 1.20 bits per heavy atom. The lowest BCUT2D eigenvalue weighted by Crippen LogP contribution is -2.36. The van der Waals surface area contributed by atoms with Crippen LogP contribution in [-0.2, 0) is 9.59 Å². The van der Waals surface area contributed by atoms with E-state index < -0.39 is 17.1 Å². The molecule has 2 aromatic rings. The Balaban J connectivity index is 1.76. The number of nitrogens with one attached hydrogen (secondary N) is 1. The van der Waals surface area contributed by atoms with Crippen LogP contribution < -0.4 is 14.8 Å². The second kappa shape index (κ2) is 9.23. The Bertz CT molecular complexity index is 1050. The van der Waals surface area contributed by atoms with Crippen molar-refractivity contribution in [3.05, 3.63) is 57.5 Å². The molecule has 0 aliphatic carbocycles. The van der Waals surface area contributed by atoms with E-state index in [1.54, 1.807) is 24.3 Å². The van der Waals surface area contributed by atoms with Gasteiger partial charge in [-0.25, -0.2) is 0 Å². The molecule has 3 amide bonds. The largest absolute Gasteiger partial charge is 0.493 e. The highest BCUT2D eigenvalue weighted by Crippen LogP contribution is 2.38. The van der Waals surface area contributed by atoms with Gasteiger partial charge in [0.2, 0.25) is 5.91 Å². The third-order valence-electron chi connectivity index (χ3n) is 4.23. The van der Waals surface area contributed by atoms with Crippen LogP contribution in [0.3, 0.4) is 0 Å². The van der Waals surface area contributed by atoms with E-state index in [9.17, 15) is 14.4 Å². The van der Waals surface area contributed by atoms with Gasteiger partial charge < -0.3 is 14.8 Å². The highest BCUT2D eigenvalue weighted by atomic mass is 35.5. The maximum absolute atomic E-state index is 12.7. The zero-order valence-electron chi connectivity index (χ0n) is 16.5. The van der Waals surface area contributed by atoms with Crippen LogP contribution in [0.15, 0.2) is 41.3 Å². The molecule has 1 aliphatic rings. The third kappa shape index (κ3) is 4.77. The first kappa shape index (κ1) is 21.7. The Morgan fingerprint density at radius 2 is 1.97 bits per heavy atom. The van der Waals surface area contributed by atoms with Crippen molar-refractivity contribution in [2.24, 2.45) is 0 Å². The molecule has 0 bridgehead atoms. The first-order valence-electron chi connectivity index (χ1n) is 8.85. The van der Waals surface area contributed by atoms with E-state index in [2.05, 4.69) is 5.32 Å². The maximum atomic E-state index is 12.7. The van der Waals surface area contributed by atoms with Crippen molar-refractivity contribution in [1.82, 2.24) is 4.90 Å². The van der Waals surface area contributed by atoms with Crippen LogP contribution >= 0.6 is 23.4 Å². The Morgan fingerprint density at radius 3 is 2.63 bits per heavy atom. The highest BCUT2D eigenvalue weighted by molar-refractivity contribution is 8.18. The predicted molar refractivity (Wildman–Crippen MR) is 117 cm³/mol. The summed E-state index contributed by atoms with van der Waals surface area (Å²) in [5.41, 5.74) is 2.14.